The minimum Gasteiger partial charge on any atom is -0.0961 e. The summed E-state index contributed by atoms with van der Waals surface area (Å²) in [5.41, 5.74) is 12.4. The highest BCUT2D eigenvalue weighted by molar-refractivity contribution is 6.35. The van der Waals surface area contributed by atoms with Crippen LogP contribution in [0.2, 0.25) is 0 Å². The molecule has 0 unspecified atom stereocenters. The minimum atomic E-state index is 0.0698. The highest BCUT2D eigenvalue weighted by Crippen LogP contribution is 2.45. The predicted octanol–water partition coefficient (Wildman–Crippen LogP) is 15.4. The Morgan fingerprint density at radius 1 is 0.538 bits per heavy atom. The molecule has 0 aromatic heterocycles. The Hall–Kier alpha value is -5.72. The van der Waals surface area contributed by atoms with Gasteiger partial charge in [0.1, 0.15) is 0 Å². The Morgan fingerprint density at radius 2 is 1.04 bits per heavy atom. The molecule has 0 aliphatic heterocycles. The number of hydrogen-bond acceptors (Lipinski definition) is 0. The first-order chi connectivity index (χ1) is 25.0. The third-order valence-corrected chi connectivity index (χ3v) is 10.2. The largest absolute Gasteiger partial charge is 0.0961 e. The van der Waals surface area contributed by atoms with Gasteiger partial charge in [-0.2, -0.15) is 0 Å². The standard InChI is InChI=1S/C52H48/c1-34(2)32-41(52(6,7)8)33-37(5)13-9-12-35(3)18-21-38-22-26-40(27-23-38)43-29-31-49-48-30-28-42(39-24-19-36(4)20-25-39)44-14-10-16-46(50(44)48)47-17-11-15-45(43)51(47)49/h9-33H,1H2,2-8H3/b13-9+,21-18-,35-12-,37-33-,41-32+. The molecule has 0 aliphatic rings. The van der Waals surface area contributed by atoms with E-state index in [0.717, 1.165) is 5.57 Å². The maximum Gasteiger partial charge on any atom is -0.00201 e. The van der Waals surface area contributed by atoms with Crippen molar-refractivity contribution < 1.29 is 0 Å². The Kier molecular flexibility index (Phi) is 9.43. The minimum absolute atomic E-state index is 0.0698. The fourth-order valence-electron chi connectivity index (χ4n) is 7.39. The first-order valence-electron chi connectivity index (χ1n) is 18.4. The van der Waals surface area contributed by atoms with Crippen molar-refractivity contribution in [3.63, 3.8) is 0 Å². The van der Waals surface area contributed by atoms with E-state index in [2.05, 4.69) is 200 Å². The smallest absolute Gasteiger partial charge is 0.00201 e. The van der Waals surface area contributed by atoms with Crippen molar-refractivity contribution in [2.75, 3.05) is 0 Å². The molecule has 7 aromatic carbocycles. The van der Waals surface area contributed by atoms with Crippen LogP contribution in [0.25, 0.3) is 71.4 Å². The van der Waals surface area contributed by atoms with E-state index in [-0.39, 0.29) is 5.41 Å². The Morgan fingerprint density at radius 3 is 1.56 bits per heavy atom. The molecule has 0 nitrogen and oxygen atoms in total. The second kappa shape index (κ2) is 14.1. The average Bonchev–Trinajstić information content (AvgIpc) is 3.12. The molecule has 0 spiro atoms. The lowest BCUT2D eigenvalue weighted by Crippen LogP contribution is -2.08. The quantitative estimate of drug-likeness (QED) is 0.0856. The second-order valence-electron chi connectivity index (χ2n) is 15.5. The number of aryl methyl sites for hydroxylation is 1. The van der Waals surface area contributed by atoms with E-state index in [1.165, 1.54) is 93.2 Å². The van der Waals surface area contributed by atoms with Gasteiger partial charge in [-0.25, -0.2) is 0 Å². The topological polar surface area (TPSA) is 0 Å². The highest BCUT2D eigenvalue weighted by atomic mass is 14.2. The van der Waals surface area contributed by atoms with Gasteiger partial charge in [0.2, 0.25) is 0 Å². The van der Waals surface area contributed by atoms with Gasteiger partial charge in [0.05, 0.1) is 0 Å². The molecule has 0 saturated heterocycles. The number of benzene rings is 7. The van der Waals surface area contributed by atoms with Crippen LogP contribution in [0.4, 0.5) is 0 Å². The third-order valence-electron chi connectivity index (χ3n) is 10.2. The van der Waals surface area contributed by atoms with Crippen molar-refractivity contribution in [3.8, 4) is 22.3 Å². The van der Waals surface area contributed by atoms with E-state index in [4.69, 9.17) is 0 Å². The molecular weight excluding hydrogens is 625 g/mol. The second-order valence-corrected chi connectivity index (χ2v) is 15.5. The fraction of sp³-hybridized carbons (Fsp3) is 0.154. The van der Waals surface area contributed by atoms with Gasteiger partial charge in [0.15, 0.2) is 0 Å². The lowest BCUT2D eigenvalue weighted by molar-refractivity contribution is 0.516. The molecule has 0 amide bonds. The Labute approximate surface area is 309 Å². The molecule has 0 saturated carbocycles. The van der Waals surface area contributed by atoms with Crippen LogP contribution in [0.1, 0.15) is 52.7 Å². The maximum atomic E-state index is 4.07. The summed E-state index contributed by atoms with van der Waals surface area (Å²) in [6.45, 7) is 19.3. The lowest BCUT2D eigenvalue weighted by Gasteiger charge is -2.21. The van der Waals surface area contributed by atoms with E-state index in [1.54, 1.807) is 0 Å². The zero-order valence-corrected chi connectivity index (χ0v) is 31.6. The SMILES string of the molecule is C=C(C)\C=C(/C=C(C)\C=C\C=C(C)/C=C\c1ccc(-c2ccc3c4ccc(-c5ccc(C)cc5)c5cccc(c6cccc2c63)c54)cc1)C(C)(C)C. The Balaban J connectivity index is 1.17. The van der Waals surface area contributed by atoms with Crippen LogP contribution in [0, 0.1) is 12.3 Å². The van der Waals surface area contributed by atoms with Crippen LogP contribution in [0.5, 0.6) is 0 Å². The van der Waals surface area contributed by atoms with Gasteiger partial charge >= 0.3 is 0 Å². The summed E-state index contributed by atoms with van der Waals surface area (Å²) in [6.07, 6.45) is 15.3. The van der Waals surface area contributed by atoms with Crippen molar-refractivity contribution in [1.29, 1.82) is 0 Å². The lowest BCUT2D eigenvalue weighted by atomic mass is 9.84. The first-order valence-corrected chi connectivity index (χ1v) is 18.4. The molecule has 0 radical (unpaired) electrons. The number of fused-ring (bicyclic) bond motifs is 2. The number of allylic oxidation sites excluding steroid dienone is 10. The van der Waals surface area contributed by atoms with E-state index in [0.29, 0.717) is 0 Å². The molecular formula is C52H48. The zero-order valence-electron chi connectivity index (χ0n) is 31.6. The van der Waals surface area contributed by atoms with Crippen LogP contribution in [-0.2, 0) is 0 Å². The molecule has 7 rings (SSSR count). The van der Waals surface area contributed by atoms with Crippen LogP contribution < -0.4 is 0 Å². The summed E-state index contributed by atoms with van der Waals surface area (Å²) in [6, 6.07) is 40.8. The van der Waals surface area contributed by atoms with Gasteiger partial charge < -0.3 is 0 Å². The normalized spacial score (nSPS) is 13.6. The van der Waals surface area contributed by atoms with Gasteiger partial charge in [0, 0.05) is 0 Å². The van der Waals surface area contributed by atoms with Gasteiger partial charge in [0.25, 0.3) is 0 Å². The van der Waals surface area contributed by atoms with Crippen molar-refractivity contribution in [2.45, 2.75) is 48.5 Å². The fourth-order valence-corrected chi connectivity index (χ4v) is 7.39. The molecule has 0 heterocycles. The Bertz CT molecular complexity index is 2580. The molecule has 0 bridgehead atoms. The molecule has 256 valence electrons. The highest BCUT2D eigenvalue weighted by Gasteiger charge is 2.17. The van der Waals surface area contributed by atoms with Gasteiger partial charge in [-0.1, -0.05) is 201 Å². The van der Waals surface area contributed by atoms with Gasteiger partial charge in [-0.05, 0) is 110 Å². The van der Waals surface area contributed by atoms with Crippen molar-refractivity contribution in [1.82, 2.24) is 0 Å². The summed E-state index contributed by atoms with van der Waals surface area (Å²) in [5, 5.41) is 10.5. The molecule has 52 heavy (non-hydrogen) atoms. The van der Waals surface area contributed by atoms with Crippen LogP contribution in [0.3, 0.4) is 0 Å². The maximum absolute atomic E-state index is 4.07. The van der Waals surface area contributed by atoms with E-state index < -0.39 is 0 Å². The van der Waals surface area contributed by atoms with Gasteiger partial charge in [-0.3, -0.25) is 0 Å². The third kappa shape index (κ3) is 6.95. The summed E-state index contributed by atoms with van der Waals surface area (Å²) in [5.74, 6) is 0. The number of rotatable bonds is 8. The number of hydrogen-bond donors (Lipinski definition) is 0. The summed E-state index contributed by atoms with van der Waals surface area (Å²) in [4.78, 5) is 0. The summed E-state index contributed by atoms with van der Waals surface area (Å²) < 4.78 is 0. The molecule has 7 aromatic rings. The van der Waals surface area contributed by atoms with Crippen LogP contribution >= 0.6 is 0 Å². The van der Waals surface area contributed by atoms with Crippen molar-refractivity contribution in [3.05, 3.63) is 186 Å². The zero-order chi connectivity index (χ0) is 36.6. The van der Waals surface area contributed by atoms with Crippen molar-refractivity contribution >= 4 is 49.2 Å². The van der Waals surface area contributed by atoms with Crippen LogP contribution in [-0.4, -0.2) is 0 Å². The van der Waals surface area contributed by atoms with E-state index in [1.807, 2.05) is 6.92 Å². The monoisotopic (exact) mass is 672 g/mol. The summed E-state index contributed by atoms with van der Waals surface area (Å²) >= 11 is 0. The molecule has 0 N–H and O–H groups in total. The predicted molar refractivity (Wildman–Crippen MR) is 231 cm³/mol. The molecule has 0 aliphatic carbocycles. The average molecular weight is 673 g/mol. The first kappa shape index (κ1) is 34.7. The molecule has 0 fully saturated rings. The van der Waals surface area contributed by atoms with Gasteiger partial charge in [-0.15, -0.1) is 0 Å². The molecule has 0 atom stereocenters. The molecule has 0 heteroatoms. The van der Waals surface area contributed by atoms with Crippen LogP contribution in [0.15, 0.2) is 175 Å². The van der Waals surface area contributed by atoms with Crippen molar-refractivity contribution in [2.24, 2.45) is 5.41 Å². The van der Waals surface area contributed by atoms with E-state index >= 15 is 0 Å². The summed E-state index contributed by atoms with van der Waals surface area (Å²) in [7, 11) is 0. The van der Waals surface area contributed by atoms with E-state index in [9.17, 15) is 0 Å².